The number of amides is 1. The molecule has 0 atom stereocenters. The summed E-state index contributed by atoms with van der Waals surface area (Å²) in [6.07, 6.45) is 0. The molecular formula is C16H18ClN3O. The molecule has 2 aromatic rings. The van der Waals surface area contributed by atoms with Gasteiger partial charge in [-0.1, -0.05) is 29.8 Å². The lowest BCUT2D eigenvalue weighted by molar-refractivity contribution is 0.0827. The summed E-state index contributed by atoms with van der Waals surface area (Å²) in [7, 11) is 3.43. The minimum absolute atomic E-state index is 0.0612. The Morgan fingerprint density at radius 2 is 1.95 bits per heavy atom. The molecule has 0 aliphatic heterocycles. The van der Waals surface area contributed by atoms with Gasteiger partial charge in [0.25, 0.3) is 5.91 Å². The molecule has 0 saturated heterocycles. The van der Waals surface area contributed by atoms with E-state index in [4.69, 9.17) is 17.3 Å². The summed E-state index contributed by atoms with van der Waals surface area (Å²) in [5.41, 5.74) is 8.92. The van der Waals surface area contributed by atoms with E-state index in [1.54, 1.807) is 32.3 Å². The van der Waals surface area contributed by atoms with Crippen LogP contribution in [-0.2, 0) is 6.54 Å². The Morgan fingerprint density at radius 3 is 2.62 bits per heavy atom. The van der Waals surface area contributed by atoms with Crippen LogP contribution >= 0.6 is 11.6 Å². The lowest BCUT2D eigenvalue weighted by Gasteiger charge is -2.14. The smallest absolute Gasteiger partial charge is 0.253 e. The zero-order valence-electron chi connectivity index (χ0n) is 12.1. The van der Waals surface area contributed by atoms with Gasteiger partial charge in [-0.25, -0.2) is 0 Å². The molecule has 4 nitrogen and oxygen atoms in total. The van der Waals surface area contributed by atoms with Crippen molar-refractivity contribution in [1.82, 2.24) is 4.90 Å². The van der Waals surface area contributed by atoms with Crippen molar-refractivity contribution in [2.45, 2.75) is 6.54 Å². The van der Waals surface area contributed by atoms with Gasteiger partial charge in [0.2, 0.25) is 0 Å². The predicted octanol–water partition coefficient (Wildman–Crippen LogP) is 3.24. The van der Waals surface area contributed by atoms with Crippen LogP contribution in [0.2, 0.25) is 5.02 Å². The Labute approximate surface area is 129 Å². The van der Waals surface area contributed by atoms with E-state index in [1.165, 1.54) is 4.90 Å². The number of rotatable bonds is 4. The number of hydrogen-bond acceptors (Lipinski definition) is 3. The van der Waals surface area contributed by atoms with Crippen LogP contribution in [0, 0.1) is 0 Å². The Balaban J connectivity index is 2.18. The normalized spacial score (nSPS) is 10.2. The fraction of sp³-hybridized carbons (Fsp3) is 0.188. The van der Waals surface area contributed by atoms with Gasteiger partial charge >= 0.3 is 0 Å². The van der Waals surface area contributed by atoms with E-state index in [0.717, 1.165) is 11.3 Å². The van der Waals surface area contributed by atoms with E-state index < -0.39 is 0 Å². The van der Waals surface area contributed by atoms with Gasteiger partial charge in [-0.2, -0.15) is 0 Å². The fourth-order valence-corrected chi connectivity index (χ4v) is 2.12. The Morgan fingerprint density at radius 1 is 1.24 bits per heavy atom. The number of carbonyl (C=O) groups is 1. The molecule has 0 saturated carbocycles. The number of benzene rings is 2. The number of halogens is 1. The van der Waals surface area contributed by atoms with E-state index in [9.17, 15) is 4.79 Å². The molecule has 0 radical (unpaired) electrons. The lowest BCUT2D eigenvalue weighted by Crippen LogP contribution is -2.21. The van der Waals surface area contributed by atoms with Gasteiger partial charge in [-0.05, 0) is 29.8 Å². The first-order chi connectivity index (χ1) is 9.99. The minimum atomic E-state index is -0.0612. The summed E-state index contributed by atoms with van der Waals surface area (Å²) in [5, 5.41) is 3.79. The molecule has 2 aromatic carbocycles. The lowest BCUT2D eigenvalue weighted by atomic mass is 10.1. The molecule has 0 bridgehead atoms. The van der Waals surface area contributed by atoms with Crippen molar-refractivity contribution in [3.8, 4) is 0 Å². The largest absolute Gasteiger partial charge is 0.398 e. The molecule has 3 N–H and O–H groups in total. The zero-order valence-corrected chi connectivity index (χ0v) is 12.8. The standard InChI is InChI=1S/C16H18ClN3O/c1-20(2)16(21)11-7-8-13(17)15(9-11)19-10-12-5-3-4-6-14(12)18/h3-9,19H,10,18H2,1-2H3. The van der Waals surface area contributed by atoms with Gasteiger partial charge in [0.1, 0.15) is 0 Å². The monoisotopic (exact) mass is 303 g/mol. The van der Waals surface area contributed by atoms with Crippen molar-refractivity contribution < 1.29 is 4.79 Å². The van der Waals surface area contributed by atoms with Crippen LogP contribution in [0.5, 0.6) is 0 Å². The molecule has 0 fully saturated rings. The molecule has 5 heteroatoms. The first-order valence-electron chi connectivity index (χ1n) is 6.57. The predicted molar refractivity (Wildman–Crippen MR) is 87.7 cm³/mol. The number of hydrogen-bond donors (Lipinski definition) is 2. The third kappa shape index (κ3) is 3.67. The molecule has 0 aliphatic rings. The van der Waals surface area contributed by atoms with E-state index in [-0.39, 0.29) is 5.91 Å². The molecule has 0 aliphatic carbocycles. The van der Waals surface area contributed by atoms with Gasteiger partial charge in [0.15, 0.2) is 0 Å². The molecule has 0 aromatic heterocycles. The number of nitrogens with one attached hydrogen (secondary N) is 1. The highest BCUT2D eigenvalue weighted by Crippen LogP contribution is 2.24. The summed E-state index contributed by atoms with van der Waals surface area (Å²) in [6, 6.07) is 12.8. The highest BCUT2D eigenvalue weighted by molar-refractivity contribution is 6.33. The van der Waals surface area contributed by atoms with Crippen LogP contribution < -0.4 is 11.1 Å². The molecule has 0 unspecified atom stereocenters. The van der Waals surface area contributed by atoms with Gasteiger partial charge in [-0.3, -0.25) is 4.79 Å². The van der Waals surface area contributed by atoms with E-state index >= 15 is 0 Å². The van der Waals surface area contributed by atoms with Crippen LogP contribution in [0.15, 0.2) is 42.5 Å². The molecule has 0 spiro atoms. The molecule has 0 heterocycles. The fourth-order valence-electron chi connectivity index (χ4n) is 1.94. The third-order valence-corrected chi connectivity index (χ3v) is 3.47. The molecule has 21 heavy (non-hydrogen) atoms. The number of anilines is 2. The molecule has 2 rings (SSSR count). The van der Waals surface area contributed by atoms with Crippen LogP contribution in [0.3, 0.4) is 0 Å². The van der Waals surface area contributed by atoms with Gasteiger partial charge < -0.3 is 16.0 Å². The Kier molecular flexibility index (Phi) is 4.70. The number of carbonyl (C=O) groups excluding carboxylic acids is 1. The van der Waals surface area contributed by atoms with Gasteiger partial charge in [0, 0.05) is 31.9 Å². The van der Waals surface area contributed by atoms with Crippen LogP contribution in [-0.4, -0.2) is 24.9 Å². The second kappa shape index (κ2) is 6.50. The van der Waals surface area contributed by atoms with Gasteiger partial charge in [-0.15, -0.1) is 0 Å². The van der Waals surface area contributed by atoms with Crippen molar-refractivity contribution in [3.05, 3.63) is 58.6 Å². The average Bonchev–Trinajstić information content (AvgIpc) is 2.47. The second-order valence-electron chi connectivity index (χ2n) is 4.95. The van der Waals surface area contributed by atoms with Crippen LogP contribution in [0.25, 0.3) is 0 Å². The van der Waals surface area contributed by atoms with E-state index in [1.807, 2.05) is 24.3 Å². The summed E-state index contributed by atoms with van der Waals surface area (Å²) in [6.45, 7) is 0.548. The van der Waals surface area contributed by atoms with Crippen molar-refractivity contribution in [2.24, 2.45) is 0 Å². The quantitative estimate of drug-likeness (QED) is 0.853. The summed E-state index contributed by atoms with van der Waals surface area (Å²) < 4.78 is 0. The number of nitrogen functional groups attached to an aromatic ring is 1. The Bertz CT molecular complexity index is 656. The number of nitrogens with two attached hydrogens (primary N) is 1. The summed E-state index contributed by atoms with van der Waals surface area (Å²) in [4.78, 5) is 13.5. The van der Waals surface area contributed by atoms with Crippen LogP contribution in [0.4, 0.5) is 11.4 Å². The average molecular weight is 304 g/mol. The maximum absolute atomic E-state index is 12.0. The SMILES string of the molecule is CN(C)C(=O)c1ccc(Cl)c(NCc2ccccc2N)c1. The second-order valence-corrected chi connectivity index (χ2v) is 5.35. The molecular weight excluding hydrogens is 286 g/mol. The van der Waals surface area contributed by atoms with Gasteiger partial charge in [0.05, 0.1) is 10.7 Å². The third-order valence-electron chi connectivity index (χ3n) is 3.14. The molecule has 1 amide bonds. The maximum atomic E-state index is 12.0. The van der Waals surface area contributed by atoms with E-state index in [2.05, 4.69) is 5.32 Å². The number of para-hydroxylation sites is 1. The maximum Gasteiger partial charge on any atom is 0.253 e. The van der Waals surface area contributed by atoms with Crippen molar-refractivity contribution in [3.63, 3.8) is 0 Å². The summed E-state index contributed by atoms with van der Waals surface area (Å²) in [5.74, 6) is -0.0612. The summed E-state index contributed by atoms with van der Waals surface area (Å²) >= 11 is 6.17. The Hall–Kier alpha value is -2.20. The zero-order chi connectivity index (χ0) is 15.4. The highest BCUT2D eigenvalue weighted by Gasteiger charge is 2.10. The topological polar surface area (TPSA) is 58.4 Å². The van der Waals surface area contributed by atoms with E-state index in [0.29, 0.717) is 22.8 Å². The number of nitrogens with zero attached hydrogens (tertiary/aromatic N) is 1. The first kappa shape index (κ1) is 15.2. The molecule has 110 valence electrons. The first-order valence-corrected chi connectivity index (χ1v) is 6.95. The van der Waals surface area contributed by atoms with Crippen molar-refractivity contribution >= 4 is 28.9 Å². The van der Waals surface area contributed by atoms with Crippen molar-refractivity contribution in [1.29, 1.82) is 0 Å². The van der Waals surface area contributed by atoms with Crippen LogP contribution in [0.1, 0.15) is 15.9 Å². The van der Waals surface area contributed by atoms with Crippen molar-refractivity contribution in [2.75, 3.05) is 25.1 Å². The highest BCUT2D eigenvalue weighted by atomic mass is 35.5. The minimum Gasteiger partial charge on any atom is -0.398 e.